The minimum Gasteiger partial charge on any atom is -0.376 e. The van der Waals surface area contributed by atoms with Gasteiger partial charge < -0.3 is 20.9 Å². The van der Waals surface area contributed by atoms with Crippen LogP contribution in [0.5, 0.6) is 0 Å². The first-order valence-electron chi connectivity index (χ1n) is 13.9. The summed E-state index contributed by atoms with van der Waals surface area (Å²) in [4.78, 5) is 36.7. The van der Waals surface area contributed by atoms with Gasteiger partial charge in [0, 0.05) is 36.6 Å². The first-order valence-corrected chi connectivity index (χ1v) is 15.4. The second kappa shape index (κ2) is 14.5. The second-order valence-electron chi connectivity index (χ2n) is 10.00. The summed E-state index contributed by atoms with van der Waals surface area (Å²) >= 11 is 6.21. The van der Waals surface area contributed by atoms with Gasteiger partial charge in [-0.25, -0.2) is 18.9 Å². The summed E-state index contributed by atoms with van der Waals surface area (Å²) in [6.07, 6.45) is 3.34. The quantitative estimate of drug-likeness (QED) is 0.149. The summed E-state index contributed by atoms with van der Waals surface area (Å²) in [5.41, 5.74) is -0.0868. The van der Waals surface area contributed by atoms with Gasteiger partial charge in [-0.05, 0) is 73.3 Å². The van der Waals surface area contributed by atoms with E-state index in [0.29, 0.717) is 17.1 Å². The van der Waals surface area contributed by atoms with Gasteiger partial charge in [-0.3, -0.25) is 9.59 Å². The highest BCUT2D eigenvalue weighted by Crippen LogP contribution is 2.30. The van der Waals surface area contributed by atoms with Crippen molar-refractivity contribution < 1.29 is 27.0 Å². The lowest BCUT2D eigenvalue weighted by Gasteiger charge is -2.15. The lowest BCUT2D eigenvalue weighted by Crippen LogP contribution is -2.28. The van der Waals surface area contributed by atoms with Crippen molar-refractivity contribution >= 4 is 57.4 Å². The molecule has 46 heavy (non-hydrogen) atoms. The lowest BCUT2D eigenvalue weighted by molar-refractivity contribution is -0.137. The highest BCUT2D eigenvalue weighted by Gasteiger charge is 2.31. The molecule has 0 spiro atoms. The first kappa shape index (κ1) is 32.6. The Hall–Kier alpha value is -4.79. The Kier molecular flexibility index (Phi) is 10.3. The third kappa shape index (κ3) is 8.68. The highest BCUT2D eigenvalue weighted by molar-refractivity contribution is 7.83. The summed E-state index contributed by atoms with van der Waals surface area (Å²) in [7, 11) is -1.35. The number of anilines is 4. The molecule has 1 unspecified atom stereocenters. The van der Waals surface area contributed by atoms with Crippen molar-refractivity contribution in [3.8, 4) is 0 Å². The molecule has 4 N–H and O–H groups in total. The molecular formula is C31H27ClF3N7O3S. The number of carbonyl (C=O) groups excluding carboxylic acids is 2. The van der Waals surface area contributed by atoms with Crippen LogP contribution < -0.4 is 20.7 Å². The van der Waals surface area contributed by atoms with Crippen LogP contribution in [0.1, 0.15) is 32.7 Å². The Balaban J connectivity index is 1.15. The summed E-state index contributed by atoms with van der Waals surface area (Å²) < 4.78 is 54.6. The Labute approximate surface area is 269 Å². The standard InChI is InChI=1S/C31H27ClF3N7O3S/c32-27-11-8-23(39-28(43)20-4-3-5-21(16-20)31(33,34)35)17-26(27)29(44)40-24-18-36-30(37-19-24)41-22-6-9-25(10-7-22)46(45)38-12-15-42-13-1-2-14-42/h1,3-11,13,16-19,38H,2,12,14-15H2,(H,39,43)(H,40,44)(H,36,37,41). The zero-order valence-electron chi connectivity index (χ0n) is 24.0. The maximum Gasteiger partial charge on any atom is 0.416 e. The van der Waals surface area contributed by atoms with Gasteiger partial charge in [-0.15, -0.1) is 0 Å². The van der Waals surface area contributed by atoms with Crippen LogP contribution in [0.3, 0.4) is 0 Å². The van der Waals surface area contributed by atoms with Crippen molar-refractivity contribution in [2.45, 2.75) is 17.5 Å². The Morgan fingerprint density at radius 1 is 0.913 bits per heavy atom. The Morgan fingerprint density at radius 2 is 1.63 bits per heavy atom. The van der Waals surface area contributed by atoms with E-state index in [1.54, 1.807) is 24.3 Å². The van der Waals surface area contributed by atoms with Crippen molar-refractivity contribution in [3.05, 3.63) is 113 Å². The molecule has 1 atom stereocenters. The zero-order chi connectivity index (χ0) is 32.7. The fraction of sp³-hybridized carbons (Fsp3) is 0.161. The largest absolute Gasteiger partial charge is 0.416 e. The molecule has 1 aromatic heterocycles. The van der Waals surface area contributed by atoms with Gasteiger partial charge in [0.25, 0.3) is 11.8 Å². The van der Waals surface area contributed by atoms with Crippen LogP contribution in [-0.4, -0.2) is 50.5 Å². The van der Waals surface area contributed by atoms with Crippen LogP contribution in [0.25, 0.3) is 0 Å². The average Bonchev–Trinajstić information content (AvgIpc) is 3.56. The summed E-state index contributed by atoms with van der Waals surface area (Å²) in [6, 6.07) is 15.0. The van der Waals surface area contributed by atoms with E-state index in [-0.39, 0.29) is 33.5 Å². The maximum absolute atomic E-state index is 13.0. The summed E-state index contributed by atoms with van der Waals surface area (Å²) in [6.45, 7) is 2.34. The smallest absolute Gasteiger partial charge is 0.376 e. The van der Waals surface area contributed by atoms with Gasteiger partial charge in [0.2, 0.25) is 5.95 Å². The average molecular weight is 670 g/mol. The second-order valence-corrected chi connectivity index (χ2v) is 11.7. The van der Waals surface area contributed by atoms with Gasteiger partial charge in [-0.1, -0.05) is 23.7 Å². The van der Waals surface area contributed by atoms with Crippen LogP contribution >= 0.6 is 11.6 Å². The monoisotopic (exact) mass is 669 g/mol. The van der Waals surface area contributed by atoms with E-state index >= 15 is 0 Å². The molecule has 238 valence electrons. The van der Waals surface area contributed by atoms with Crippen molar-refractivity contribution in [2.75, 3.05) is 35.6 Å². The number of aromatic nitrogens is 2. The Bertz CT molecular complexity index is 1770. The number of hydrogen-bond acceptors (Lipinski definition) is 7. The Morgan fingerprint density at radius 3 is 2.33 bits per heavy atom. The fourth-order valence-corrected chi connectivity index (χ4v) is 5.38. The molecule has 0 radical (unpaired) electrons. The van der Waals surface area contributed by atoms with Crippen molar-refractivity contribution in [2.24, 2.45) is 0 Å². The molecule has 0 saturated heterocycles. The predicted molar refractivity (Wildman–Crippen MR) is 170 cm³/mol. The van der Waals surface area contributed by atoms with Crippen molar-refractivity contribution in [1.82, 2.24) is 19.6 Å². The van der Waals surface area contributed by atoms with Crippen molar-refractivity contribution in [1.29, 1.82) is 0 Å². The number of hydrogen-bond donors (Lipinski definition) is 4. The highest BCUT2D eigenvalue weighted by atomic mass is 35.5. The number of nitrogens with one attached hydrogen (secondary N) is 4. The zero-order valence-corrected chi connectivity index (χ0v) is 25.5. The van der Waals surface area contributed by atoms with E-state index in [2.05, 4.69) is 41.6 Å². The molecule has 1 aliphatic rings. The van der Waals surface area contributed by atoms with Crippen LogP contribution in [0.4, 0.5) is 36.2 Å². The molecule has 3 aromatic carbocycles. The molecule has 0 saturated carbocycles. The van der Waals surface area contributed by atoms with E-state index in [4.69, 9.17) is 11.6 Å². The number of nitrogens with zero attached hydrogens (tertiary/aromatic N) is 3. The van der Waals surface area contributed by atoms with Crippen LogP contribution in [0.15, 0.2) is 96.3 Å². The van der Waals surface area contributed by atoms with E-state index in [9.17, 15) is 27.0 Å². The number of carbonyl (C=O) groups is 2. The normalized spacial score (nSPS) is 13.3. The molecule has 1 aliphatic heterocycles. The molecular weight excluding hydrogens is 643 g/mol. The molecule has 0 bridgehead atoms. The van der Waals surface area contributed by atoms with Crippen molar-refractivity contribution in [3.63, 3.8) is 0 Å². The summed E-state index contributed by atoms with van der Waals surface area (Å²) in [5, 5.41) is 8.21. The number of amides is 2. The molecule has 15 heteroatoms. The SMILES string of the molecule is O=C(Nc1ccc(Cl)c(C(=O)Nc2cnc(Nc3ccc(S(=O)NCCN4C=CCC4)cc3)nc2)c1)c1cccc(C(F)(F)F)c1. The minimum absolute atomic E-state index is 0.00515. The van der Waals surface area contributed by atoms with E-state index < -0.39 is 34.5 Å². The predicted octanol–water partition coefficient (Wildman–Crippen LogP) is 6.23. The third-order valence-corrected chi connectivity index (χ3v) is 8.18. The van der Waals surface area contributed by atoms with E-state index in [0.717, 1.165) is 37.7 Å². The molecule has 2 heterocycles. The van der Waals surface area contributed by atoms with E-state index in [1.165, 1.54) is 36.7 Å². The number of benzene rings is 3. The molecule has 10 nitrogen and oxygen atoms in total. The number of halogens is 4. The van der Waals surface area contributed by atoms with Gasteiger partial charge in [0.1, 0.15) is 11.0 Å². The van der Waals surface area contributed by atoms with Crippen LogP contribution in [0, 0.1) is 0 Å². The molecule has 0 fully saturated rings. The third-order valence-electron chi connectivity index (χ3n) is 6.69. The van der Waals surface area contributed by atoms with Crippen LogP contribution in [0.2, 0.25) is 5.02 Å². The maximum atomic E-state index is 13.0. The lowest BCUT2D eigenvalue weighted by atomic mass is 10.1. The van der Waals surface area contributed by atoms with Gasteiger partial charge in [0.05, 0.1) is 39.1 Å². The van der Waals surface area contributed by atoms with Crippen LogP contribution in [-0.2, 0) is 17.2 Å². The number of rotatable bonds is 11. The minimum atomic E-state index is -4.60. The number of alkyl halides is 3. The molecule has 5 rings (SSSR count). The van der Waals surface area contributed by atoms with Gasteiger partial charge in [-0.2, -0.15) is 13.2 Å². The molecule has 4 aromatic rings. The fourth-order valence-electron chi connectivity index (χ4n) is 4.35. The first-order chi connectivity index (χ1) is 22.0. The summed E-state index contributed by atoms with van der Waals surface area (Å²) in [5.74, 6) is -1.17. The van der Waals surface area contributed by atoms with Gasteiger partial charge in [0.15, 0.2) is 0 Å². The molecule has 0 aliphatic carbocycles. The van der Waals surface area contributed by atoms with Gasteiger partial charge >= 0.3 is 6.18 Å². The topological polar surface area (TPSA) is 128 Å². The van der Waals surface area contributed by atoms with E-state index in [1.807, 2.05) is 6.20 Å². The molecule has 2 amide bonds.